The summed E-state index contributed by atoms with van der Waals surface area (Å²) in [5.74, 6) is 0.609. The summed E-state index contributed by atoms with van der Waals surface area (Å²) in [4.78, 5) is 15.1. The normalized spacial score (nSPS) is 15.0. The summed E-state index contributed by atoms with van der Waals surface area (Å²) in [6.07, 6.45) is 6.22. The molecule has 0 radical (unpaired) electrons. The molecule has 1 saturated carbocycles. The Kier molecular flexibility index (Phi) is 4.96. The third kappa shape index (κ3) is 3.60. The molecule has 1 amide bonds. The Hall–Kier alpha value is -1.45. The molecule has 1 aromatic heterocycles. The van der Waals surface area contributed by atoms with E-state index in [4.69, 9.17) is 5.73 Å². The topological polar surface area (TPSA) is 51.3 Å². The number of anilines is 1. The molecule has 1 heterocycles. The molecule has 2 N–H and O–H groups in total. The number of nitrogens with zero attached hydrogens (tertiary/aromatic N) is 2. The molecule has 21 heavy (non-hydrogen) atoms. The van der Waals surface area contributed by atoms with E-state index in [1.54, 1.807) is 0 Å². The molecule has 0 spiro atoms. The molecular weight excluding hydrogens is 262 g/mol. The minimum absolute atomic E-state index is 0.140. The fraction of sp³-hybridized carbons (Fsp3) is 0.706. The zero-order valence-corrected chi connectivity index (χ0v) is 13.8. The van der Waals surface area contributed by atoms with Gasteiger partial charge in [0.25, 0.3) is 5.91 Å². The Balaban J connectivity index is 2.28. The van der Waals surface area contributed by atoms with Crippen LogP contribution in [-0.4, -0.2) is 28.0 Å². The van der Waals surface area contributed by atoms with Gasteiger partial charge in [0.05, 0.1) is 5.69 Å². The number of nitrogens with two attached hydrogens (primary N) is 1. The summed E-state index contributed by atoms with van der Waals surface area (Å²) < 4.78 is 2.09. The average molecular weight is 291 g/mol. The molecule has 1 fully saturated rings. The smallest absolute Gasteiger partial charge is 0.270 e. The van der Waals surface area contributed by atoms with E-state index in [0.717, 1.165) is 37.9 Å². The second kappa shape index (κ2) is 6.54. The zero-order chi connectivity index (χ0) is 15.6. The van der Waals surface area contributed by atoms with Crippen LogP contribution in [0.1, 0.15) is 69.9 Å². The molecule has 0 unspecified atom stereocenters. The molecule has 0 bridgehead atoms. The predicted molar refractivity (Wildman–Crippen MR) is 87.4 cm³/mol. The van der Waals surface area contributed by atoms with Crippen LogP contribution in [0.5, 0.6) is 0 Å². The molecule has 118 valence electrons. The lowest BCUT2D eigenvalue weighted by atomic mass is 10.1. The van der Waals surface area contributed by atoms with E-state index in [-0.39, 0.29) is 5.91 Å². The van der Waals surface area contributed by atoms with Gasteiger partial charge in [0.15, 0.2) is 0 Å². The summed E-state index contributed by atoms with van der Waals surface area (Å²) in [6, 6.07) is 2.63. The van der Waals surface area contributed by atoms with Crippen LogP contribution in [0.4, 0.5) is 5.69 Å². The Morgan fingerprint density at radius 1 is 1.38 bits per heavy atom. The molecule has 2 rings (SSSR count). The van der Waals surface area contributed by atoms with Crippen LogP contribution >= 0.6 is 0 Å². The first-order chi connectivity index (χ1) is 9.97. The van der Waals surface area contributed by atoms with Gasteiger partial charge in [-0.05, 0) is 37.7 Å². The minimum atomic E-state index is 0.140. The maximum atomic E-state index is 13.1. The third-order valence-corrected chi connectivity index (χ3v) is 4.24. The fourth-order valence-electron chi connectivity index (χ4n) is 2.99. The number of rotatable bonds is 7. The SMILES string of the molecule is CCC(CC)N(CC(C)C)C(=O)c1cc(N)cn1C1CC1. The summed E-state index contributed by atoms with van der Waals surface area (Å²) in [7, 11) is 0. The molecular formula is C17H29N3O. The molecule has 0 saturated heterocycles. The van der Waals surface area contributed by atoms with Crippen LogP contribution in [0.2, 0.25) is 0 Å². The lowest BCUT2D eigenvalue weighted by molar-refractivity contribution is 0.0629. The Bertz CT molecular complexity index is 484. The van der Waals surface area contributed by atoms with Crippen molar-refractivity contribution in [1.82, 2.24) is 9.47 Å². The van der Waals surface area contributed by atoms with E-state index in [1.165, 1.54) is 0 Å². The summed E-state index contributed by atoms with van der Waals surface area (Å²) in [6.45, 7) is 9.45. The number of hydrogen-bond donors (Lipinski definition) is 1. The molecule has 4 heteroatoms. The fourth-order valence-corrected chi connectivity index (χ4v) is 2.99. The van der Waals surface area contributed by atoms with Crippen molar-refractivity contribution >= 4 is 11.6 Å². The molecule has 0 aromatic carbocycles. The standard InChI is InChI=1S/C17H29N3O/c1-5-14(6-2)20(10-12(3)4)17(21)16-9-13(18)11-19(16)15-7-8-15/h9,11-12,14-15H,5-8,10,18H2,1-4H3. The van der Waals surface area contributed by atoms with E-state index < -0.39 is 0 Å². The maximum absolute atomic E-state index is 13.1. The zero-order valence-electron chi connectivity index (χ0n) is 13.8. The van der Waals surface area contributed by atoms with Gasteiger partial charge >= 0.3 is 0 Å². The van der Waals surface area contributed by atoms with E-state index in [1.807, 2.05) is 12.3 Å². The molecule has 0 aliphatic heterocycles. The first kappa shape index (κ1) is 15.9. The molecule has 1 aliphatic carbocycles. The Morgan fingerprint density at radius 3 is 2.48 bits per heavy atom. The van der Waals surface area contributed by atoms with Gasteiger partial charge in [-0.15, -0.1) is 0 Å². The first-order valence-electron chi connectivity index (χ1n) is 8.26. The summed E-state index contributed by atoms with van der Waals surface area (Å²) in [5.41, 5.74) is 7.39. The highest BCUT2D eigenvalue weighted by molar-refractivity contribution is 5.94. The quantitative estimate of drug-likeness (QED) is 0.833. The van der Waals surface area contributed by atoms with Gasteiger partial charge in [0.2, 0.25) is 0 Å². The van der Waals surface area contributed by atoms with Crippen LogP contribution < -0.4 is 5.73 Å². The second-order valence-electron chi connectivity index (χ2n) is 6.62. The molecule has 0 atom stereocenters. The molecule has 1 aromatic rings. The molecule has 4 nitrogen and oxygen atoms in total. The van der Waals surface area contributed by atoms with Crippen LogP contribution in [0, 0.1) is 5.92 Å². The number of amides is 1. The van der Waals surface area contributed by atoms with E-state index in [2.05, 4.69) is 37.2 Å². The van der Waals surface area contributed by atoms with Crippen LogP contribution in [0.3, 0.4) is 0 Å². The highest BCUT2D eigenvalue weighted by Crippen LogP contribution is 2.37. The van der Waals surface area contributed by atoms with Crippen molar-refractivity contribution in [1.29, 1.82) is 0 Å². The van der Waals surface area contributed by atoms with Gasteiger partial charge in [-0.2, -0.15) is 0 Å². The minimum Gasteiger partial charge on any atom is -0.397 e. The van der Waals surface area contributed by atoms with Gasteiger partial charge in [0, 0.05) is 24.8 Å². The Labute approximate surface area is 128 Å². The largest absolute Gasteiger partial charge is 0.397 e. The monoisotopic (exact) mass is 291 g/mol. The highest BCUT2D eigenvalue weighted by atomic mass is 16.2. The lowest BCUT2D eigenvalue weighted by Gasteiger charge is -2.32. The van der Waals surface area contributed by atoms with Crippen molar-refractivity contribution < 1.29 is 4.79 Å². The van der Waals surface area contributed by atoms with Crippen molar-refractivity contribution in [3.8, 4) is 0 Å². The van der Waals surface area contributed by atoms with Gasteiger partial charge in [-0.3, -0.25) is 4.79 Å². The van der Waals surface area contributed by atoms with E-state index in [0.29, 0.717) is 23.7 Å². The summed E-state index contributed by atoms with van der Waals surface area (Å²) in [5, 5.41) is 0. The van der Waals surface area contributed by atoms with Crippen LogP contribution in [-0.2, 0) is 0 Å². The third-order valence-electron chi connectivity index (χ3n) is 4.24. The Morgan fingerprint density at radius 2 is 2.00 bits per heavy atom. The number of carbonyl (C=O) groups is 1. The number of aromatic nitrogens is 1. The van der Waals surface area contributed by atoms with Gasteiger partial charge in [-0.1, -0.05) is 27.7 Å². The maximum Gasteiger partial charge on any atom is 0.270 e. The van der Waals surface area contributed by atoms with Crippen molar-refractivity contribution in [3.05, 3.63) is 18.0 Å². The number of hydrogen-bond acceptors (Lipinski definition) is 2. The molecule has 1 aliphatic rings. The highest BCUT2D eigenvalue weighted by Gasteiger charge is 2.31. The first-order valence-corrected chi connectivity index (χ1v) is 8.26. The predicted octanol–water partition coefficient (Wildman–Crippen LogP) is 3.69. The second-order valence-corrected chi connectivity index (χ2v) is 6.62. The van der Waals surface area contributed by atoms with E-state index >= 15 is 0 Å². The summed E-state index contributed by atoms with van der Waals surface area (Å²) >= 11 is 0. The van der Waals surface area contributed by atoms with Crippen molar-refractivity contribution in [3.63, 3.8) is 0 Å². The van der Waals surface area contributed by atoms with Crippen molar-refractivity contribution in [2.75, 3.05) is 12.3 Å². The number of nitrogen functional groups attached to an aromatic ring is 1. The van der Waals surface area contributed by atoms with Crippen molar-refractivity contribution in [2.24, 2.45) is 5.92 Å². The lowest BCUT2D eigenvalue weighted by Crippen LogP contribution is -2.42. The van der Waals surface area contributed by atoms with Crippen LogP contribution in [0.25, 0.3) is 0 Å². The van der Waals surface area contributed by atoms with Crippen LogP contribution in [0.15, 0.2) is 12.3 Å². The van der Waals surface area contributed by atoms with Gasteiger partial charge in [-0.25, -0.2) is 0 Å². The number of carbonyl (C=O) groups excluding carboxylic acids is 1. The van der Waals surface area contributed by atoms with E-state index in [9.17, 15) is 4.79 Å². The average Bonchev–Trinajstić information content (AvgIpc) is 3.20. The van der Waals surface area contributed by atoms with Gasteiger partial charge in [0.1, 0.15) is 5.69 Å². The van der Waals surface area contributed by atoms with Gasteiger partial charge < -0.3 is 15.2 Å². The van der Waals surface area contributed by atoms with Crippen molar-refractivity contribution in [2.45, 2.75) is 65.5 Å².